The zero-order valence-corrected chi connectivity index (χ0v) is 14.5. The van der Waals surface area contributed by atoms with Crippen LogP contribution in [-0.4, -0.2) is 74.0 Å². The van der Waals surface area contributed by atoms with Crippen molar-refractivity contribution in [3.63, 3.8) is 0 Å². The van der Waals surface area contributed by atoms with Crippen LogP contribution >= 0.6 is 0 Å². The molecular weight excluding hydrogens is 345 g/mol. The molecule has 0 saturated heterocycles. The first kappa shape index (κ1) is 16.7. The van der Waals surface area contributed by atoms with Crippen LogP contribution in [0.25, 0.3) is 0 Å². The van der Waals surface area contributed by atoms with E-state index in [1.807, 2.05) is 0 Å². The van der Waals surface area contributed by atoms with Crippen molar-refractivity contribution in [1.29, 1.82) is 0 Å². The van der Waals surface area contributed by atoms with E-state index < -0.39 is 11.9 Å². The summed E-state index contributed by atoms with van der Waals surface area (Å²) in [4.78, 5) is 22.6. The Hall–Kier alpha value is -0.269. The fourth-order valence-corrected chi connectivity index (χ4v) is 1.17. The molecule has 0 aliphatic heterocycles. The number of esters is 2. The van der Waals surface area contributed by atoms with Crippen LogP contribution in [0.2, 0.25) is 0 Å². The van der Waals surface area contributed by atoms with Gasteiger partial charge in [-0.05, 0) is 38.1 Å². The van der Waals surface area contributed by atoms with Gasteiger partial charge in [-0.15, -0.1) is 0 Å². The van der Waals surface area contributed by atoms with Crippen LogP contribution < -0.4 is 0 Å². The molecule has 0 amide bonds. The van der Waals surface area contributed by atoms with Gasteiger partial charge in [-0.1, -0.05) is 0 Å². The van der Waals surface area contributed by atoms with Crippen molar-refractivity contribution in [1.82, 2.24) is 0 Å². The molecule has 4 nitrogen and oxygen atoms in total. The maximum absolute atomic E-state index is 11.3. The van der Waals surface area contributed by atoms with Crippen LogP contribution in [0.15, 0.2) is 24.3 Å². The Bertz CT molecular complexity index is 345. The van der Waals surface area contributed by atoms with Crippen molar-refractivity contribution in [2.75, 3.05) is 13.2 Å². The van der Waals surface area contributed by atoms with E-state index >= 15 is 0 Å². The van der Waals surface area contributed by atoms with Gasteiger partial charge in [-0.25, -0.2) is 9.59 Å². The third-order valence-electron chi connectivity index (χ3n) is 1.91. The monoisotopic (exact) mass is 362 g/mol. The second-order valence-corrected chi connectivity index (χ2v) is 3.02. The minimum absolute atomic E-state index is 0. The summed E-state index contributed by atoms with van der Waals surface area (Å²) in [5.41, 5.74) is 0.852. The first-order valence-corrected chi connectivity index (χ1v) is 5.13. The second-order valence-electron chi connectivity index (χ2n) is 3.02. The van der Waals surface area contributed by atoms with Crippen LogP contribution in [0.1, 0.15) is 37.4 Å². The van der Waals surface area contributed by atoms with Crippen molar-refractivity contribution in [3.8, 4) is 0 Å². The Balaban J connectivity index is -0.000000853. The third kappa shape index (κ3) is 5.27. The van der Waals surface area contributed by atoms with Gasteiger partial charge in [0.1, 0.15) is 0 Å². The summed E-state index contributed by atoms with van der Waals surface area (Å²) < 4.78 is 9.64. The first-order chi connectivity index (χ1) is 7.69. The van der Waals surface area contributed by atoms with E-state index in [0.717, 1.165) is 0 Å². The molecule has 0 aliphatic carbocycles. The maximum atomic E-state index is 11.3. The van der Waals surface area contributed by atoms with Gasteiger partial charge >= 0.3 is 60.8 Å². The smallest absolute Gasteiger partial charge is 1.00 e. The summed E-state index contributed by atoms with van der Waals surface area (Å²) in [5.74, 6) is -0.782. The summed E-state index contributed by atoms with van der Waals surface area (Å²) in [7, 11) is 0. The molecule has 0 spiro atoms. The Morgan fingerprint density at radius 3 is 1.47 bits per heavy atom. The second kappa shape index (κ2) is 8.77. The van der Waals surface area contributed by atoms with E-state index in [-0.39, 0.29) is 51.7 Å². The average Bonchev–Trinajstić information content (AvgIpc) is 2.30. The van der Waals surface area contributed by atoms with Gasteiger partial charge in [0.25, 0.3) is 0 Å². The largest absolute Gasteiger partial charge is 2.00 e. The number of carbonyl (C=O) groups is 2. The van der Waals surface area contributed by atoms with E-state index in [0.29, 0.717) is 24.3 Å². The normalized spacial score (nSPS) is 9.06. The van der Waals surface area contributed by atoms with Crippen molar-refractivity contribution >= 4 is 60.8 Å². The topological polar surface area (TPSA) is 52.6 Å². The van der Waals surface area contributed by atoms with Crippen LogP contribution in [0, 0.1) is 0 Å². The number of ether oxygens (including phenoxy) is 2. The number of hydrogen-bond donors (Lipinski definition) is 0. The average molecular weight is 362 g/mol. The fraction of sp³-hybridized carbons (Fsp3) is 0.333. The zero-order valence-electron chi connectivity index (χ0n) is 12.1. The van der Waals surface area contributed by atoms with Gasteiger partial charge in [0.05, 0.1) is 24.3 Å². The SMILES string of the molecule is CCOC(=O)c1ccc(C(=O)OCC)cc1.[Ba+2].[H-].[H-]. The molecule has 5 heteroatoms. The molecule has 90 valence electrons. The molecule has 0 bridgehead atoms. The van der Waals surface area contributed by atoms with Crippen LogP contribution in [0.3, 0.4) is 0 Å². The zero-order chi connectivity index (χ0) is 12.0. The van der Waals surface area contributed by atoms with Crippen molar-refractivity contribution in [2.24, 2.45) is 0 Å². The first-order valence-electron chi connectivity index (χ1n) is 5.13. The molecule has 0 aliphatic rings. The Kier molecular flexibility index (Phi) is 8.63. The van der Waals surface area contributed by atoms with Gasteiger partial charge in [-0.3, -0.25) is 0 Å². The van der Waals surface area contributed by atoms with Crippen LogP contribution in [0.4, 0.5) is 0 Å². The third-order valence-corrected chi connectivity index (χ3v) is 1.91. The van der Waals surface area contributed by atoms with Gasteiger partial charge in [0.2, 0.25) is 0 Å². The molecule has 0 fully saturated rings. The number of rotatable bonds is 4. The molecule has 1 aromatic rings. The van der Waals surface area contributed by atoms with Crippen molar-refractivity contribution in [2.45, 2.75) is 13.8 Å². The number of benzene rings is 1. The quantitative estimate of drug-likeness (QED) is 0.607. The fourth-order valence-electron chi connectivity index (χ4n) is 1.17. The standard InChI is InChI=1S/C12H14O4.Ba.2H/c1-3-15-11(13)9-5-7-10(8-6-9)12(14)16-4-2;;;/h5-8H,3-4H2,1-2H3;;;/q;+2;2*-1. The Morgan fingerprint density at radius 1 is 0.941 bits per heavy atom. The molecule has 0 N–H and O–H groups in total. The molecule has 1 rings (SSSR count). The molecular formula is C12H16BaO4. The maximum Gasteiger partial charge on any atom is 2.00 e. The number of carbonyl (C=O) groups excluding carboxylic acids is 2. The molecule has 0 unspecified atom stereocenters. The van der Waals surface area contributed by atoms with Gasteiger partial charge in [-0.2, -0.15) is 0 Å². The van der Waals surface area contributed by atoms with Crippen LogP contribution in [0.5, 0.6) is 0 Å². The molecule has 0 heterocycles. The minimum atomic E-state index is -0.391. The summed E-state index contributed by atoms with van der Waals surface area (Å²) in [5, 5.41) is 0. The molecule has 17 heavy (non-hydrogen) atoms. The van der Waals surface area contributed by atoms with Gasteiger partial charge < -0.3 is 12.3 Å². The van der Waals surface area contributed by atoms with E-state index in [9.17, 15) is 9.59 Å². The summed E-state index contributed by atoms with van der Waals surface area (Å²) in [6.45, 7) is 4.15. The summed E-state index contributed by atoms with van der Waals surface area (Å²) in [6, 6.07) is 6.18. The number of hydrogen-bond acceptors (Lipinski definition) is 4. The van der Waals surface area contributed by atoms with E-state index in [4.69, 9.17) is 9.47 Å². The van der Waals surface area contributed by atoms with Gasteiger partial charge in [0, 0.05) is 0 Å². The molecule has 0 aromatic heterocycles. The summed E-state index contributed by atoms with van der Waals surface area (Å²) >= 11 is 0. The molecule has 0 saturated carbocycles. The Labute approximate surface area is 144 Å². The molecule has 0 atom stereocenters. The van der Waals surface area contributed by atoms with Crippen molar-refractivity contribution < 1.29 is 21.9 Å². The van der Waals surface area contributed by atoms with Crippen LogP contribution in [-0.2, 0) is 9.47 Å². The predicted molar refractivity (Wildman–Crippen MR) is 66.3 cm³/mol. The molecule has 0 radical (unpaired) electrons. The summed E-state index contributed by atoms with van der Waals surface area (Å²) in [6.07, 6.45) is 0. The Morgan fingerprint density at radius 2 is 1.24 bits per heavy atom. The van der Waals surface area contributed by atoms with Gasteiger partial charge in [0.15, 0.2) is 0 Å². The van der Waals surface area contributed by atoms with Crippen molar-refractivity contribution in [3.05, 3.63) is 35.4 Å². The van der Waals surface area contributed by atoms with E-state index in [1.165, 1.54) is 0 Å². The van der Waals surface area contributed by atoms with E-state index in [1.54, 1.807) is 38.1 Å². The minimum Gasteiger partial charge on any atom is -1.00 e. The predicted octanol–water partition coefficient (Wildman–Crippen LogP) is 1.88. The molecule has 1 aromatic carbocycles. The van der Waals surface area contributed by atoms with E-state index in [2.05, 4.69) is 0 Å².